The molecule has 0 radical (unpaired) electrons. The lowest BCUT2D eigenvalue weighted by Crippen LogP contribution is -2.04. The lowest BCUT2D eigenvalue weighted by atomic mass is 10.2. The smallest absolute Gasteiger partial charge is 0.341 e. The average molecular weight is 188 g/mol. The third kappa shape index (κ3) is 1.74. The van der Waals surface area contributed by atoms with Gasteiger partial charge in [0.1, 0.15) is 22.9 Å². The van der Waals surface area contributed by atoms with Crippen molar-refractivity contribution in [3.63, 3.8) is 0 Å². The number of carboxylic acids is 1. The first-order valence-electron chi connectivity index (χ1n) is 3.32. The van der Waals surface area contributed by atoms with Gasteiger partial charge in [-0.05, 0) is 0 Å². The molecule has 1 N–H and O–H groups in total. The van der Waals surface area contributed by atoms with Crippen LogP contribution in [0.15, 0.2) is 12.1 Å². The predicted octanol–water partition coefficient (Wildman–Crippen LogP) is 1.67. The second-order valence-corrected chi connectivity index (χ2v) is 2.27. The molecule has 0 fully saturated rings. The quantitative estimate of drug-likeness (QED) is 0.767. The molecule has 70 valence electrons. The molecule has 0 aliphatic carbocycles. The molecule has 0 atom stereocenters. The number of halogens is 2. The average Bonchev–Trinajstić information content (AvgIpc) is 2.02. The maximum atomic E-state index is 12.8. The van der Waals surface area contributed by atoms with E-state index < -0.39 is 23.2 Å². The van der Waals surface area contributed by atoms with Gasteiger partial charge in [-0.1, -0.05) is 0 Å². The Hall–Kier alpha value is -1.65. The van der Waals surface area contributed by atoms with Gasteiger partial charge in [0.2, 0.25) is 0 Å². The van der Waals surface area contributed by atoms with Crippen LogP contribution in [0.3, 0.4) is 0 Å². The summed E-state index contributed by atoms with van der Waals surface area (Å²) in [7, 11) is 1.23. The maximum absolute atomic E-state index is 12.8. The molecular weight excluding hydrogens is 182 g/mol. The highest BCUT2D eigenvalue weighted by atomic mass is 19.1. The number of ether oxygens (including phenoxy) is 1. The van der Waals surface area contributed by atoms with Crippen molar-refractivity contribution in [2.75, 3.05) is 7.11 Å². The first-order chi connectivity index (χ1) is 6.06. The lowest BCUT2D eigenvalue weighted by Gasteiger charge is -2.03. The van der Waals surface area contributed by atoms with E-state index in [1.54, 1.807) is 0 Å². The van der Waals surface area contributed by atoms with Crippen molar-refractivity contribution in [3.05, 3.63) is 29.3 Å². The van der Waals surface area contributed by atoms with E-state index in [1.807, 2.05) is 0 Å². The standard InChI is InChI=1S/C8H6F2O3/c1-13-4-2-5(9)7(8(11)12)6(10)3-4/h2-3H,1H3,(H,11,12). The zero-order valence-corrected chi connectivity index (χ0v) is 6.67. The van der Waals surface area contributed by atoms with Crippen molar-refractivity contribution >= 4 is 5.97 Å². The van der Waals surface area contributed by atoms with Gasteiger partial charge < -0.3 is 9.84 Å². The second kappa shape index (κ2) is 3.38. The number of carboxylic acid groups (broad SMARTS) is 1. The Morgan fingerprint density at radius 3 is 2.15 bits per heavy atom. The summed E-state index contributed by atoms with van der Waals surface area (Å²) in [5.74, 6) is -3.99. The Bertz CT molecular complexity index is 326. The monoisotopic (exact) mass is 188 g/mol. The number of aromatic carboxylic acids is 1. The summed E-state index contributed by atoms with van der Waals surface area (Å²) in [6, 6.07) is 1.62. The van der Waals surface area contributed by atoms with Gasteiger partial charge in [-0.15, -0.1) is 0 Å². The third-order valence-electron chi connectivity index (χ3n) is 1.47. The predicted molar refractivity (Wildman–Crippen MR) is 39.9 cm³/mol. The van der Waals surface area contributed by atoms with Crippen molar-refractivity contribution in [3.8, 4) is 5.75 Å². The molecule has 0 bridgehead atoms. The highest BCUT2D eigenvalue weighted by Gasteiger charge is 2.17. The van der Waals surface area contributed by atoms with Gasteiger partial charge in [0.25, 0.3) is 0 Å². The van der Waals surface area contributed by atoms with Crippen LogP contribution in [0.5, 0.6) is 5.75 Å². The summed E-state index contributed by atoms with van der Waals surface area (Å²) in [5, 5.41) is 8.39. The normalized spacial score (nSPS) is 9.77. The Morgan fingerprint density at radius 2 is 1.85 bits per heavy atom. The molecule has 0 saturated carbocycles. The minimum absolute atomic E-state index is 0.0556. The topological polar surface area (TPSA) is 46.5 Å². The van der Waals surface area contributed by atoms with Gasteiger partial charge in [0.05, 0.1) is 7.11 Å². The molecule has 1 aromatic rings. The van der Waals surface area contributed by atoms with Gasteiger partial charge in [-0.2, -0.15) is 0 Å². The molecule has 0 aromatic heterocycles. The summed E-state index contributed by atoms with van der Waals surface area (Å²) in [4.78, 5) is 10.3. The molecule has 1 aromatic carbocycles. The zero-order chi connectivity index (χ0) is 10.0. The molecule has 0 aliphatic rings. The largest absolute Gasteiger partial charge is 0.497 e. The van der Waals surface area contributed by atoms with Crippen LogP contribution < -0.4 is 4.74 Å². The van der Waals surface area contributed by atoms with Gasteiger partial charge >= 0.3 is 5.97 Å². The van der Waals surface area contributed by atoms with Gasteiger partial charge in [-0.25, -0.2) is 13.6 Å². The Labute approximate surface area is 72.6 Å². The van der Waals surface area contributed by atoms with E-state index in [9.17, 15) is 13.6 Å². The van der Waals surface area contributed by atoms with Crippen LogP contribution in [-0.4, -0.2) is 18.2 Å². The van der Waals surface area contributed by atoms with Crippen LogP contribution in [0.25, 0.3) is 0 Å². The minimum Gasteiger partial charge on any atom is -0.497 e. The molecular formula is C8H6F2O3. The van der Waals surface area contributed by atoms with Crippen LogP contribution in [-0.2, 0) is 0 Å². The molecule has 0 spiro atoms. The van der Waals surface area contributed by atoms with E-state index in [0.717, 1.165) is 12.1 Å². The number of hydrogen-bond donors (Lipinski definition) is 1. The van der Waals surface area contributed by atoms with E-state index in [0.29, 0.717) is 0 Å². The maximum Gasteiger partial charge on any atom is 0.341 e. The summed E-state index contributed by atoms with van der Waals surface area (Å²) in [6.07, 6.45) is 0. The van der Waals surface area contributed by atoms with Crippen molar-refractivity contribution < 1.29 is 23.4 Å². The highest BCUT2D eigenvalue weighted by molar-refractivity contribution is 5.88. The molecule has 3 nitrogen and oxygen atoms in total. The van der Waals surface area contributed by atoms with Crippen LogP contribution >= 0.6 is 0 Å². The first kappa shape index (κ1) is 9.44. The third-order valence-corrected chi connectivity index (χ3v) is 1.47. The van der Waals surface area contributed by atoms with Crippen LogP contribution in [0.1, 0.15) is 10.4 Å². The van der Waals surface area contributed by atoms with Crippen molar-refractivity contribution in [2.45, 2.75) is 0 Å². The minimum atomic E-state index is -1.64. The number of methoxy groups -OCH3 is 1. The van der Waals surface area contributed by atoms with Gasteiger partial charge in [0, 0.05) is 12.1 Å². The van der Waals surface area contributed by atoms with Crippen LogP contribution in [0.2, 0.25) is 0 Å². The molecule has 0 heterocycles. The van der Waals surface area contributed by atoms with Crippen LogP contribution in [0.4, 0.5) is 8.78 Å². The highest BCUT2D eigenvalue weighted by Crippen LogP contribution is 2.20. The molecule has 5 heteroatoms. The fraction of sp³-hybridized carbons (Fsp3) is 0.125. The van der Waals surface area contributed by atoms with Crippen molar-refractivity contribution in [1.82, 2.24) is 0 Å². The van der Waals surface area contributed by atoms with E-state index in [4.69, 9.17) is 5.11 Å². The fourth-order valence-corrected chi connectivity index (χ4v) is 0.872. The summed E-state index contributed by atoms with van der Waals surface area (Å²) in [6.45, 7) is 0. The summed E-state index contributed by atoms with van der Waals surface area (Å²) < 4.78 is 30.2. The molecule has 1 rings (SSSR count). The number of carbonyl (C=O) groups is 1. The Balaban J connectivity index is 3.31. The molecule has 0 amide bonds. The SMILES string of the molecule is COc1cc(F)c(C(=O)O)c(F)c1. The van der Waals surface area contributed by atoms with E-state index in [-0.39, 0.29) is 5.75 Å². The first-order valence-corrected chi connectivity index (χ1v) is 3.32. The van der Waals surface area contributed by atoms with Crippen molar-refractivity contribution in [2.24, 2.45) is 0 Å². The van der Waals surface area contributed by atoms with E-state index in [2.05, 4.69) is 4.74 Å². The zero-order valence-electron chi connectivity index (χ0n) is 6.67. The summed E-state index contributed by atoms with van der Waals surface area (Å²) >= 11 is 0. The number of rotatable bonds is 2. The Kier molecular flexibility index (Phi) is 2.46. The van der Waals surface area contributed by atoms with Gasteiger partial charge in [-0.3, -0.25) is 0 Å². The molecule has 13 heavy (non-hydrogen) atoms. The molecule has 0 aliphatic heterocycles. The van der Waals surface area contributed by atoms with E-state index in [1.165, 1.54) is 7.11 Å². The molecule has 0 saturated heterocycles. The van der Waals surface area contributed by atoms with Gasteiger partial charge in [0.15, 0.2) is 0 Å². The molecule has 0 unspecified atom stereocenters. The van der Waals surface area contributed by atoms with Crippen LogP contribution in [0, 0.1) is 11.6 Å². The number of hydrogen-bond acceptors (Lipinski definition) is 2. The number of benzene rings is 1. The fourth-order valence-electron chi connectivity index (χ4n) is 0.872. The van der Waals surface area contributed by atoms with E-state index >= 15 is 0 Å². The van der Waals surface area contributed by atoms with Crippen molar-refractivity contribution in [1.29, 1.82) is 0 Å². The lowest BCUT2D eigenvalue weighted by molar-refractivity contribution is 0.0686. The Morgan fingerprint density at radius 1 is 1.38 bits per heavy atom. The second-order valence-electron chi connectivity index (χ2n) is 2.27. The summed E-state index contributed by atoms with van der Waals surface area (Å²) in [5.41, 5.74) is -0.971.